The van der Waals surface area contributed by atoms with Crippen molar-refractivity contribution in [2.24, 2.45) is 0 Å². The minimum absolute atomic E-state index is 0.299. The third-order valence-corrected chi connectivity index (χ3v) is 3.46. The highest BCUT2D eigenvalue weighted by molar-refractivity contribution is 9.10. The summed E-state index contributed by atoms with van der Waals surface area (Å²) < 4.78 is 19.0. The fraction of sp³-hybridized carbons (Fsp3) is 0.0769. The summed E-state index contributed by atoms with van der Waals surface area (Å²) in [6.07, 6.45) is 0. The molecular weight excluding hydrogens is 351 g/mol. The van der Waals surface area contributed by atoms with Crippen LogP contribution >= 0.6 is 31.9 Å². The second-order valence-electron chi connectivity index (χ2n) is 3.46. The molecule has 17 heavy (non-hydrogen) atoms. The van der Waals surface area contributed by atoms with E-state index in [0.717, 1.165) is 11.1 Å². The van der Waals surface area contributed by atoms with E-state index in [0.29, 0.717) is 10.2 Å². The fourth-order valence-electron chi connectivity index (χ4n) is 1.32. The number of hydrogen-bond donors (Lipinski definition) is 0. The van der Waals surface area contributed by atoms with Crippen LogP contribution in [0.25, 0.3) is 0 Å². The van der Waals surface area contributed by atoms with E-state index in [9.17, 15) is 4.39 Å². The molecule has 0 aromatic heterocycles. The highest BCUT2D eigenvalue weighted by Crippen LogP contribution is 2.26. The number of alkyl halides is 1. The quantitative estimate of drug-likeness (QED) is 0.678. The van der Waals surface area contributed by atoms with Crippen LogP contribution in [0.1, 0.15) is 5.56 Å². The van der Waals surface area contributed by atoms with Crippen molar-refractivity contribution in [2.45, 2.75) is 5.33 Å². The first-order valence-corrected chi connectivity index (χ1v) is 6.88. The molecule has 0 aliphatic carbocycles. The van der Waals surface area contributed by atoms with E-state index in [1.54, 1.807) is 12.1 Å². The van der Waals surface area contributed by atoms with Gasteiger partial charge in [-0.15, -0.1) is 0 Å². The van der Waals surface area contributed by atoms with E-state index in [-0.39, 0.29) is 5.82 Å². The Hall–Kier alpha value is -0.870. The van der Waals surface area contributed by atoms with E-state index in [2.05, 4.69) is 31.9 Å². The van der Waals surface area contributed by atoms with Gasteiger partial charge in [-0.3, -0.25) is 0 Å². The summed E-state index contributed by atoms with van der Waals surface area (Å²) in [7, 11) is 0. The molecular formula is C13H9Br2FO. The van der Waals surface area contributed by atoms with Gasteiger partial charge in [-0.25, -0.2) is 4.39 Å². The molecule has 88 valence electrons. The Kier molecular flexibility index (Phi) is 4.18. The Balaban J connectivity index is 2.16. The van der Waals surface area contributed by atoms with Crippen LogP contribution in [0.3, 0.4) is 0 Å². The molecule has 0 amide bonds. The maximum Gasteiger partial charge on any atom is 0.137 e. The molecule has 0 N–H and O–H groups in total. The zero-order valence-corrected chi connectivity index (χ0v) is 12.0. The normalized spacial score (nSPS) is 10.3. The highest BCUT2D eigenvalue weighted by atomic mass is 79.9. The molecule has 0 unspecified atom stereocenters. The number of halogens is 3. The van der Waals surface area contributed by atoms with Crippen LogP contribution in [-0.2, 0) is 5.33 Å². The molecule has 2 rings (SSSR count). The minimum Gasteiger partial charge on any atom is -0.457 e. The van der Waals surface area contributed by atoms with Crippen molar-refractivity contribution >= 4 is 31.9 Å². The van der Waals surface area contributed by atoms with E-state index < -0.39 is 0 Å². The van der Waals surface area contributed by atoms with Crippen LogP contribution < -0.4 is 4.74 Å². The Morgan fingerprint density at radius 3 is 2.24 bits per heavy atom. The van der Waals surface area contributed by atoms with Gasteiger partial charge >= 0.3 is 0 Å². The maximum absolute atomic E-state index is 13.0. The number of benzene rings is 2. The molecule has 0 atom stereocenters. The van der Waals surface area contributed by atoms with Crippen molar-refractivity contribution in [3.8, 4) is 11.5 Å². The molecule has 0 saturated carbocycles. The summed E-state index contributed by atoms with van der Waals surface area (Å²) in [6, 6.07) is 12.3. The predicted molar refractivity (Wildman–Crippen MR) is 73.2 cm³/mol. The SMILES string of the molecule is Fc1ccc(Oc2ccc(CBr)cc2)cc1Br. The molecule has 2 aromatic rings. The van der Waals surface area contributed by atoms with Crippen LogP contribution in [0.2, 0.25) is 0 Å². The standard InChI is InChI=1S/C13H9Br2FO/c14-8-9-1-3-10(4-2-9)17-11-5-6-13(16)12(15)7-11/h1-7H,8H2. The predicted octanol–water partition coefficient (Wildman–Crippen LogP) is 5.28. The van der Waals surface area contributed by atoms with Gasteiger partial charge in [0.05, 0.1) is 4.47 Å². The Bertz CT molecular complexity index is 511. The fourth-order valence-corrected chi connectivity index (χ4v) is 2.05. The van der Waals surface area contributed by atoms with Gasteiger partial charge in [0, 0.05) is 5.33 Å². The maximum atomic E-state index is 13.0. The van der Waals surface area contributed by atoms with Gasteiger partial charge in [-0.2, -0.15) is 0 Å². The first kappa shape index (κ1) is 12.6. The van der Waals surface area contributed by atoms with Crippen molar-refractivity contribution in [1.82, 2.24) is 0 Å². The molecule has 0 aliphatic heterocycles. The lowest BCUT2D eigenvalue weighted by molar-refractivity contribution is 0.479. The minimum atomic E-state index is -0.299. The van der Waals surface area contributed by atoms with Crippen molar-refractivity contribution in [1.29, 1.82) is 0 Å². The summed E-state index contributed by atoms with van der Waals surface area (Å²) in [5.41, 5.74) is 1.18. The van der Waals surface area contributed by atoms with Crippen LogP contribution in [0.15, 0.2) is 46.9 Å². The third-order valence-electron chi connectivity index (χ3n) is 2.20. The van der Waals surface area contributed by atoms with Crippen LogP contribution in [0, 0.1) is 5.82 Å². The summed E-state index contributed by atoms with van der Waals surface area (Å²) in [5, 5.41) is 0.815. The van der Waals surface area contributed by atoms with Gasteiger partial charge < -0.3 is 4.74 Å². The first-order valence-electron chi connectivity index (χ1n) is 4.97. The van der Waals surface area contributed by atoms with E-state index in [1.165, 1.54) is 11.6 Å². The molecule has 0 fully saturated rings. The van der Waals surface area contributed by atoms with Crippen molar-refractivity contribution < 1.29 is 9.13 Å². The second kappa shape index (κ2) is 5.65. The average molecular weight is 360 g/mol. The Morgan fingerprint density at radius 1 is 1.00 bits per heavy atom. The molecule has 0 spiro atoms. The Labute approximate surface area is 116 Å². The molecule has 0 bridgehead atoms. The zero-order valence-electron chi connectivity index (χ0n) is 8.79. The van der Waals surface area contributed by atoms with E-state index >= 15 is 0 Å². The lowest BCUT2D eigenvalue weighted by atomic mass is 10.2. The summed E-state index contributed by atoms with van der Waals surface area (Å²) in [4.78, 5) is 0. The second-order valence-corrected chi connectivity index (χ2v) is 4.87. The molecule has 4 heteroatoms. The van der Waals surface area contributed by atoms with Crippen LogP contribution in [0.4, 0.5) is 4.39 Å². The van der Waals surface area contributed by atoms with Crippen molar-refractivity contribution in [3.63, 3.8) is 0 Å². The third kappa shape index (κ3) is 3.30. The highest BCUT2D eigenvalue weighted by Gasteiger charge is 2.02. The van der Waals surface area contributed by atoms with Gasteiger partial charge in [0.25, 0.3) is 0 Å². The van der Waals surface area contributed by atoms with Crippen molar-refractivity contribution in [3.05, 3.63) is 58.3 Å². The van der Waals surface area contributed by atoms with Gasteiger partial charge in [0.2, 0.25) is 0 Å². The van der Waals surface area contributed by atoms with Gasteiger partial charge in [0.1, 0.15) is 17.3 Å². The van der Waals surface area contributed by atoms with Gasteiger partial charge in [-0.1, -0.05) is 28.1 Å². The molecule has 0 heterocycles. The molecule has 2 aromatic carbocycles. The monoisotopic (exact) mass is 358 g/mol. The molecule has 0 aliphatic rings. The Morgan fingerprint density at radius 2 is 1.65 bits per heavy atom. The number of hydrogen-bond acceptors (Lipinski definition) is 1. The average Bonchev–Trinajstić information content (AvgIpc) is 2.35. The molecule has 0 saturated heterocycles. The lowest BCUT2D eigenvalue weighted by Crippen LogP contribution is -1.86. The number of rotatable bonds is 3. The summed E-state index contributed by atoms with van der Waals surface area (Å²) >= 11 is 6.50. The van der Waals surface area contributed by atoms with E-state index in [4.69, 9.17) is 4.74 Å². The lowest BCUT2D eigenvalue weighted by Gasteiger charge is -2.06. The molecule has 0 radical (unpaired) electrons. The van der Waals surface area contributed by atoms with Gasteiger partial charge in [-0.05, 0) is 51.8 Å². The molecule has 1 nitrogen and oxygen atoms in total. The summed E-state index contributed by atoms with van der Waals surface area (Å²) in [5.74, 6) is 1.03. The largest absolute Gasteiger partial charge is 0.457 e. The van der Waals surface area contributed by atoms with Crippen LogP contribution in [-0.4, -0.2) is 0 Å². The van der Waals surface area contributed by atoms with Crippen LogP contribution in [0.5, 0.6) is 11.5 Å². The summed E-state index contributed by atoms with van der Waals surface area (Å²) in [6.45, 7) is 0. The number of ether oxygens (including phenoxy) is 1. The van der Waals surface area contributed by atoms with Gasteiger partial charge in [0.15, 0.2) is 0 Å². The smallest absolute Gasteiger partial charge is 0.137 e. The van der Waals surface area contributed by atoms with Crippen molar-refractivity contribution in [2.75, 3.05) is 0 Å². The van der Waals surface area contributed by atoms with E-state index in [1.807, 2.05) is 24.3 Å². The zero-order chi connectivity index (χ0) is 12.3. The first-order chi connectivity index (χ1) is 8.19. The topological polar surface area (TPSA) is 9.23 Å².